The smallest absolute Gasteiger partial charge is 0.253 e. The Morgan fingerprint density at radius 3 is 2.60 bits per heavy atom. The summed E-state index contributed by atoms with van der Waals surface area (Å²) in [4.78, 5) is 11.7. The molecular weight excluding hydrogens is 214 g/mol. The van der Waals surface area contributed by atoms with Crippen molar-refractivity contribution >= 4 is 17.5 Å². The number of phenols is 1. The van der Waals surface area contributed by atoms with E-state index >= 15 is 0 Å². The largest absolute Gasteiger partial charge is 0.508 e. The molecule has 0 unspecified atom stereocenters. The summed E-state index contributed by atoms with van der Waals surface area (Å²) < 4.78 is 0. The van der Waals surface area contributed by atoms with E-state index in [1.165, 1.54) is 12.1 Å². The van der Waals surface area contributed by atoms with Gasteiger partial charge in [-0.3, -0.25) is 4.79 Å². The van der Waals surface area contributed by atoms with E-state index in [0.717, 1.165) is 0 Å². The maximum atomic E-state index is 11.7. The molecule has 0 bridgehead atoms. The Hall–Kier alpha value is -1.22. The van der Waals surface area contributed by atoms with Crippen LogP contribution in [0.4, 0.5) is 0 Å². The predicted octanol–water partition coefficient (Wildman–Crippen LogP) is 2.49. The fourth-order valence-corrected chi connectivity index (χ4v) is 1.44. The van der Waals surface area contributed by atoms with E-state index in [1.54, 1.807) is 6.92 Å². The molecule has 0 saturated carbocycles. The van der Waals surface area contributed by atoms with Crippen molar-refractivity contribution in [2.24, 2.45) is 0 Å². The predicted molar refractivity (Wildman–Crippen MR) is 60.5 cm³/mol. The Morgan fingerprint density at radius 1 is 1.47 bits per heavy atom. The number of benzene rings is 1. The van der Waals surface area contributed by atoms with Gasteiger partial charge in [0.05, 0.1) is 10.6 Å². The van der Waals surface area contributed by atoms with Crippen LogP contribution in [-0.2, 0) is 0 Å². The van der Waals surface area contributed by atoms with E-state index in [-0.39, 0.29) is 17.7 Å². The monoisotopic (exact) mass is 227 g/mol. The van der Waals surface area contributed by atoms with Gasteiger partial charge >= 0.3 is 0 Å². The van der Waals surface area contributed by atoms with Crippen LogP contribution in [0.5, 0.6) is 5.75 Å². The summed E-state index contributed by atoms with van der Waals surface area (Å²) in [7, 11) is 0. The molecule has 0 spiro atoms. The Balaban J connectivity index is 3.06. The molecule has 2 N–H and O–H groups in total. The molecule has 1 aromatic rings. The second kappa shape index (κ2) is 4.53. The van der Waals surface area contributed by atoms with Gasteiger partial charge < -0.3 is 10.4 Å². The third-order valence-corrected chi connectivity index (χ3v) is 2.51. The number of carbonyl (C=O) groups is 1. The minimum absolute atomic E-state index is 0.0580. The average Bonchev–Trinajstić information content (AvgIpc) is 2.13. The molecule has 0 aliphatic heterocycles. The highest BCUT2D eigenvalue weighted by Gasteiger charge is 2.14. The highest BCUT2D eigenvalue weighted by Crippen LogP contribution is 2.27. The van der Waals surface area contributed by atoms with E-state index in [9.17, 15) is 9.90 Å². The minimum Gasteiger partial charge on any atom is -0.508 e. The number of halogens is 1. The average molecular weight is 228 g/mol. The summed E-state index contributed by atoms with van der Waals surface area (Å²) >= 11 is 5.96. The topological polar surface area (TPSA) is 49.3 Å². The fraction of sp³-hybridized carbons (Fsp3) is 0.364. The van der Waals surface area contributed by atoms with E-state index in [4.69, 9.17) is 11.6 Å². The van der Waals surface area contributed by atoms with Crippen LogP contribution in [0.1, 0.15) is 29.8 Å². The highest BCUT2D eigenvalue weighted by atomic mass is 35.5. The number of aromatic hydroxyl groups is 1. The van der Waals surface area contributed by atoms with Crippen LogP contribution in [0.25, 0.3) is 0 Å². The van der Waals surface area contributed by atoms with Crippen molar-refractivity contribution in [1.82, 2.24) is 5.32 Å². The molecule has 0 aliphatic carbocycles. The zero-order chi connectivity index (χ0) is 11.6. The second-order valence-corrected chi connectivity index (χ2v) is 4.08. The van der Waals surface area contributed by atoms with Crippen LogP contribution in [-0.4, -0.2) is 17.1 Å². The number of phenolic OH excluding ortho intramolecular Hbond substituents is 1. The number of amides is 1. The third kappa shape index (κ3) is 2.63. The van der Waals surface area contributed by atoms with Gasteiger partial charge in [0.25, 0.3) is 5.91 Å². The number of hydrogen-bond donors (Lipinski definition) is 2. The van der Waals surface area contributed by atoms with E-state index in [2.05, 4.69) is 5.32 Å². The van der Waals surface area contributed by atoms with Crippen LogP contribution in [0, 0.1) is 6.92 Å². The zero-order valence-electron chi connectivity index (χ0n) is 8.97. The number of nitrogens with one attached hydrogen (secondary N) is 1. The summed E-state index contributed by atoms with van der Waals surface area (Å²) in [5, 5.41) is 12.4. The summed E-state index contributed by atoms with van der Waals surface area (Å²) in [6, 6.07) is 3.04. The first-order valence-electron chi connectivity index (χ1n) is 4.72. The van der Waals surface area contributed by atoms with Crippen molar-refractivity contribution in [3.63, 3.8) is 0 Å². The third-order valence-electron chi connectivity index (χ3n) is 2.02. The number of rotatable bonds is 2. The maximum Gasteiger partial charge on any atom is 0.253 e. The SMILES string of the molecule is Cc1c(O)ccc(C(=O)NC(C)C)c1Cl. The van der Waals surface area contributed by atoms with Crippen molar-refractivity contribution in [2.45, 2.75) is 26.8 Å². The van der Waals surface area contributed by atoms with Gasteiger partial charge in [0, 0.05) is 11.6 Å². The van der Waals surface area contributed by atoms with Gasteiger partial charge in [-0.1, -0.05) is 11.6 Å². The number of hydrogen-bond acceptors (Lipinski definition) is 2. The Labute approximate surface area is 94.1 Å². The van der Waals surface area contributed by atoms with Crippen molar-refractivity contribution in [3.05, 3.63) is 28.3 Å². The molecule has 0 fully saturated rings. The summed E-state index contributed by atoms with van der Waals surface area (Å²) in [6.45, 7) is 5.42. The van der Waals surface area contributed by atoms with Crippen molar-refractivity contribution < 1.29 is 9.90 Å². The molecule has 3 nitrogen and oxygen atoms in total. The molecule has 1 amide bonds. The lowest BCUT2D eigenvalue weighted by molar-refractivity contribution is 0.0943. The van der Waals surface area contributed by atoms with Crippen LogP contribution in [0.3, 0.4) is 0 Å². The van der Waals surface area contributed by atoms with Gasteiger partial charge in [0.1, 0.15) is 5.75 Å². The molecule has 0 aliphatic rings. The molecule has 4 heteroatoms. The quantitative estimate of drug-likeness (QED) is 0.816. The molecule has 0 radical (unpaired) electrons. The van der Waals surface area contributed by atoms with Crippen molar-refractivity contribution in [3.8, 4) is 5.75 Å². The van der Waals surface area contributed by atoms with Crippen molar-refractivity contribution in [2.75, 3.05) is 0 Å². The van der Waals surface area contributed by atoms with E-state index in [0.29, 0.717) is 16.1 Å². The molecule has 0 atom stereocenters. The van der Waals surface area contributed by atoms with Gasteiger partial charge in [-0.15, -0.1) is 0 Å². The molecule has 1 rings (SSSR count). The van der Waals surface area contributed by atoms with E-state index in [1.807, 2.05) is 13.8 Å². The van der Waals surface area contributed by atoms with Crippen molar-refractivity contribution in [1.29, 1.82) is 0 Å². The number of carbonyl (C=O) groups excluding carboxylic acids is 1. The normalized spacial score (nSPS) is 10.5. The lowest BCUT2D eigenvalue weighted by atomic mass is 10.1. The first-order valence-corrected chi connectivity index (χ1v) is 5.10. The maximum absolute atomic E-state index is 11.7. The molecule has 1 aromatic carbocycles. The molecule has 0 heterocycles. The minimum atomic E-state index is -0.224. The van der Waals surface area contributed by atoms with Crippen LogP contribution < -0.4 is 5.32 Å². The zero-order valence-corrected chi connectivity index (χ0v) is 9.72. The van der Waals surface area contributed by atoms with E-state index < -0.39 is 0 Å². The summed E-state index contributed by atoms with van der Waals surface area (Å²) in [5.41, 5.74) is 0.911. The van der Waals surface area contributed by atoms with Gasteiger partial charge in [-0.25, -0.2) is 0 Å². The Bertz CT molecular complexity index is 388. The highest BCUT2D eigenvalue weighted by molar-refractivity contribution is 6.34. The first-order chi connectivity index (χ1) is 6.93. The lowest BCUT2D eigenvalue weighted by Crippen LogP contribution is -2.30. The van der Waals surface area contributed by atoms with Gasteiger partial charge in [-0.05, 0) is 32.9 Å². The summed E-state index contributed by atoms with van der Waals surface area (Å²) in [6.07, 6.45) is 0. The Morgan fingerprint density at radius 2 is 2.07 bits per heavy atom. The van der Waals surface area contributed by atoms with Crippen LogP contribution in [0.2, 0.25) is 5.02 Å². The molecule has 0 saturated heterocycles. The lowest BCUT2D eigenvalue weighted by Gasteiger charge is -2.11. The molecular formula is C11H14ClNO2. The van der Waals surface area contributed by atoms with Crippen LogP contribution >= 0.6 is 11.6 Å². The molecule has 82 valence electrons. The first kappa shape index (κ1) is 11.9. The standard InChI is InChI=1S/C11H14ClNO2/c1-6(2)13-11(15)8-4-5-9(14)7(3)10(8)12/h4-6,14H,1-3H3,(H,13,15). The summed E-state index contributed by atoms with van der Waals surface area (Å²) in [5.74, 6) is -0.126. The van der Waals surface area contributed by atoms with Gasteiger partial charge in [0.2, 0.25) is 0 Å². The van der Waals surface area contributed by atoms with Gasteiger partial charge in [0.15, 0.2) is 0 Å². The molecule has 15 heavy (non-hydrogen) atoms. The Kier molecular flexibility index (Phi) is 3.58. The molecule has 0 aromatic heterocycles. The fourth-order valence-electron chi connectivity index (χ4n) is 1.19. The van der Waals surface area contributed by atoms with Gasteiger partial charge in [-0.2, -0.15) is 0 Å². The van der Waals surface area contributed by atoms with Crippen LogP contribution in [0.15, 0.2) is 12.1 Å². The second-order valence-electron chi connectivity index (χ2n) is 3.70.